The standard InChI is InChI=1S/C9H15N5O3.ClH/c15-9(16)1-2-14-8(10-11-12-14)7-13-3-5-17-6-4-13;/h1-7H2,(H,15,16);1H. The van der Waals surface area contributed by atoms with Crippen molar-refractivity contribution >= 4 is 18.4 Å². The van der Waals surface area contributed by atoms with E-state index in [-0.39, 0.29) is 18.8 Å². The fraction of sp³-hybridized carbons (Fsp3) is 0.778. The average molecular weight is 278 g/mol. The molecule has 18 heavy (non-hydrogen) atoms. The first-order valence-corrected chi connectivity index (χ1v) is 5.52. The number of tetrazole rings is 1. The molecule has 0 aromatic carbocycles. The zero-order valence-corrected chi connectivity index (χ0v) is 10.7. The lowest BCUT2D eigenvalue weighted by molar-refractivity contribution is -0.137. The zero-order chi connectivity index (χ0) is 12.1. The van der Waals surface area contributed by atoms with Crippen molar-refractivity contribution in [2.75, 3.05) is 26.3 Å². The number of aromatic nitrogens is 4. The number of rotatable bonds is 5. The van der Waals surface area contributed by atoms with Gasteiger partial charge in [-0.15, -0.1) is 17.5 Å². The van der Waals surface area contributed by atoms with Crippen LogP contribution in [0.25, 0.3) is 0 Å². The van der Waals surface area contributed by atoms with Gasteiger partial charge in [0.2, 0.25) is 0 Å². The molecule has 1 fully saturated rings. The fourth-order valence-corrected chi connectivity index (χ4v) is 1.67. The first kappa shape index (κ1) is 14.8. The third kappa shape index (κ3) is 4.21. The summed E-state index contributed by atoms with van der Waals surface area (Å²) in [6, 6.07) is 0. The number of carboxylic acids is 1. The average Bonchev–Trinajstić information content (AvgIpc) is 2.75. The van der Waals surface area contributed by atoms with Crippen LogP contribution in [0.4, 0.5) is 0 Å². The molecule has 2 rings (SSSR count). The van der Waals surface area contributed by atoms with E-state index in [1.807, 2.05) is 0 Å². The van der Waals surface area contributed by atoms with Crippen molar-refractivity contribution in [2.45, 2.75) is 19.5 Å². The van der Waals surface area contributed by atoms with E-state index < -0.39 is 5.97 Å². The van der Waals surface area contributed by atoms with Gasteiger partial charge in [-0.1, -0.05) is 0 Å². The molecule has 0 spiro atoms. The van der Waals surface area contributed by atoms with Gasteiger partial charge in [0.25, 0.3) is 0 Å². The summed E-state index contributed by atoms with van der Waals surface area (Å²) in [5.74, 6) is -0.147. The maximum Gasteiger partial charge on any atom is 0.305 e. The summed E-state index contributed by atoms with van der Waals surface area (Å²) in [5.41, 5.74) is 0. The molecule has 0 aliphatic carbocycles. The van der Waals surface area contributed by atoms with Gasteiger partial charge < -0.3 is 9.84 Å². The number of aryl methyl sites for hydroxylation is 1. The van der Waals surface area contributed by atoms with Gasteiger partial charge in [0.05, 0.1) is 32.7 Å². The molecule has 0 atom stereocenters. The summed E-state index contributed by atoms with van der Waals surface area (Å²) < 4.78 is 6.80. The molecule has 102 valence electrons. The Bertz CT molecular complexity index is 380. The van der Waals surface area contributed by atoms with Crippen molar-refractivity contribution in [2.24, 2.45) is 0 Å². The Labute approximate surface area is 110 Å². The Kier molecular flexibility index (Phi) is 5.96. The number of aliphatic carboxylic acids is 1. The fourth-order valence-electron chi connectivity index (χ4n) is 1.67. The van der Waals surface area contributed by atoms with Gasteiger partial charge in [-0.25, -0.2) is 4.68 Å². The number of hydrogen-bond donors (Lipinski definition) is 1. The van der Waals surface area contributed by atoms with E-state index in [4.69, 9.17) is 9.84 Å². The number of ether oxygens (including phenoxy) is 1. The Morgan fingerprint density at radius 2 is 2.11 bits per heavy atom. The van der Waals surface area contributed by atoms with Crippen LogP contribution < -0.4 is 0 Å². The SMILES string of the molecule is Cl.O=C(O)CCn1nnnc1CN1CCOCC1. The van der Waals surface area contributed by atoms with Crippen molar-refractivity contribution < 1.29 is 14.6 Å². The molecule has 0 amide bonds. The van der Waals surface area contributed by atoms with Gasteiger partial charge in [0.1, 0.15) is 0 Å². The van der Waals surface area contributed by atoms with Crippen LogP contribution in [0.2, 0.25) is 0 Å². The van der Waals surface area contributed by atoms with E-state index in [9.17, 15) is 4.79 Å². The topological polar surface area (TPSA) is 93.4 Å². The Morgan fingerprint density at radius 3 is 2.78 bits per heavy atom. The molecule has 0 bridgehead atoms. The second-order valence-corrected chi connectivity index (χ2v) is 3.85. The van der Waals surface area contributed by atoms with Gasteiger partial charge in [-0.3, -0.25) is 9.69 Å². The van der Waals surface area contributed by atoms with E-state index >= 15 is 0 Å². The smallest absolute Gasteiger partial charge is 0.305 e. The van der Waals surface area contributed by atoms with E-state index in [0.717, 1.165) is 26.3 Å². The van der Waals surface area contributed by atoms with Crippen LogP contribution in [-0.2, 0) is 22.6 Å². The summed E-state index contributed by atoms with van der Waals surface area (Å²) in [4.78, 5) is 12.7. The minimum Gasteiger partial charge on any atom is -0.481 e. The molecule has 2 heterocycles. The van der Waals surface area contributed by atoms with E-state index in [1.54, 1.807) is 4.68 Å². The minimum atomic E-state index is -0.849. The third-order valence-corrected chi connectivity index (χ3v) is 2.61. The summed E-state index contributed by atoms with van der Waals surface area (Å²) in [7, 11) is 0. The van der Waals surface area contributed by atoms with Crippen LogP contribution in [0, 0.1) is 0 Å². The first-order chi connectivity index (χ1) is 8.25. The largest absolute Gasteiger partial charge is 0.481 e. The van der Waals surface area contributed by atoms with Crippen molar-refractivity contribution in [3.8, 4) is 0 Å². The van der Waals surface area contributed by atoms with Gasteiger partial charge in [0.15, 0.2) is 5.82 Å². The second-order valence-electron chi connectivity index (χ2n) is 3.85. The van der Waals surface area contributed by atoms with Gasteiger partial charge >= 0.3 is 5.97 Å². The quantitative estimate of drug-likeness (QED) is 0.768. The molecule has 0 saturated carbocycles. The van der Waals surface area contributed by atoms with Crippen LogP contribution >= 0.6 is 12.4 Å². The lowest BCUT2D eigenvalue weighted by atomic mass is 10.4. The molecule has 1 aliphatic rings. The monoisotopic (exact) mass is 277 g/mol. The molecule has 1 N–H and O–H groups in total. The number of hydrogen-bond acceptors (Lipinski definition) is 6. The predicted octanol–water partition coefficient (Wildman–Crippen LogP) is -0.598. The van der Waals surface area contributed by atoms with Crippen molar-refractivity contribution in [3.63, 3.8) is 0 Å². The van der Waals surface area contributed by atoms with E-state index in [1.165, 1.54) is 0 Å². The molecular weight excluding hydrogens is 262 g/mol. The maximum atomic E-state index is 10.5. The highest BCUT2D eigenvalue weighted by atomic mass is 35.5. The van der Waals surface area contributed by atoms with Crippen molar-refractivity contribution in [1.29, 1.82) is 0 Å². The normalized spacial score (nSPS) is 16.2. The number of carboxylic acid groups (broad SMARTS) is 1. The molecule has 1 aromatic heterocycles. The Hall–Kier alpha value is -1.25. The third-order valence-electron chi connectivity index (χ3n) is 2.61. The first-order valence-electron chi connectivity index (χ1n) is 5.52. The van der Waals surface area contributed by atoms with Crippen LogP contribution in [0.15, 0.2) is 0 Å². The molecule has 9 heteroatoms. The van der Waals surface area contributed by atoms with Crippen LogP contribution in [0.3, 0.4) is 0 Å². The lowest BCUT2D eigenvalue weighted by Gasteiger charge is -2.25. The Balaban J connectivity index is 0.00000162. The van der Waals surface area contributed by atoms with E-state index in [0.29, 0.717) is 18.9 Å². The zero-order valence-electron chi connectivity index (χ0n) is 9.86. The van der Waals surface area contributed by atoms with Crippen LogP contribution in [-0.4, -0.2) is 62.5 Å². The van der Waals surface area contributed by atoms with Gasteiger partial charge in [0, 0.05) is 13.1 Å². The predicted molar refractivity (Wildman–Crippen MR) is 63.4 cm³/mol. The number of nitrogens with zero attached hydrogens (tertiary/aromatic N) is 5. The maximum absolute atomic E-state index is 10.5. The second kappa shape index (κ2) is 7.24. The summed E-state index contributed by atoms with van der Waals surface area (Å²) in [6.07, 6.45) is 0.0289. The van der Waals surface area contributed by atoms with Gasteiger partial charge in [-0.2, -0.15) is 0 Å². The minimum absolute atomic E-state index is 0. The number of carbonyl (C=O) groups is 1. The summed E-state index contributed by atoms with van der Waals surface area (Å²) in [5, 5.41) is 19.9. The van der Waals surface area contributed by atoms with Crippen molar-refractivity contribution in [3.05, 3.63) is 5.82 Å². The molecule has 0 unspecified atom stereocenters. The van der Waals surface area contributed by atoms with Crippen LogP contribution in [0.1, 0.15) is 12.2 Å². The number of halogens is 1. The van der Waals surface area contributed by atoms with Crippen molar-refractivity contribution in [1.82, 2.24) is 25.1 Å². The lowest BCUT2D eigenvalue weighted by Crippen LogP contribution is -2.36. The number of morpholine rings is 1. The van der Waals surface area contributed by atoms with E-state index in [2.05, 4.69) is 20.4 Å². The highest BCUT2D eigenvalue weighted by molar-refractivity contribution is 5.85. The highest BCUT2D eigenvalue weighted by Gasteiger charge is 2.15. The molecule has 8 nitrogen and oxygen atoms in total. The molecule has 1 aromatic rings. The Morgan fingerprint density at radius 1 is 1.39 bits per heavy atom. The van der Waals surface area contributed by atoms with Crippen LogP contribution in [0.5, 0.6) is 0 Å². The molecule has 0 radical (unpaired) electrons. The summed E-state index contributed by atoms with van der Waals surface area (Å²) in [6.45, 7) is 4.09. The highest BCUT2D eigenvalue weighted by Crippen LogP contribution is 2.04. The summed E-state index contributed by atoms with van der Waals surface area (Å²) >= 11 is 0. The molecule has 1 saturated heterocycles. The molecular formula is C9H16ClN5O3. The molecule has 1 aliphatic heterocycles. The van der Waals surface area contributed by atoms with Gasteiger partial charge in [-0.05, 0) is 10.4 Å².